The van der Waals surface area contributed by atoms with Gasteiger partial charge in [0.2, 0.25) is 0 Å². The highest BCUT2D eigenvalue weighted by molar-refractivity contribution is 8.00. The molecule has 25 heavy (non-hydrogen) atoms. The Kier molecular flexibility index (Phi) is 6.48. The van der Waals surface area contributed by atoms with Crippen molar-refractivity contribution in [1.82, 2.24) is 10.2 Å². The molecule has 2 heterocycles. The van der Waals surface area contributed by atoms with Gasteiger partial charge in [-0.2, -0.15) is 11.8 Å². The van der Waals surface area contributed by atoms with Gasteiger partial charge in [0.25, 0.3) is 0 Å². The van der Waals surface area contributed by atoms with E-state index in [4.69, 9.17) is 4.74 Å². The van der Waals surface area contributed by atoms with Crippen LogP contribution in [0.1, 0.15) is 12.8 Å². The summed E-state index contributed by atoms with van der Waals surface area (Å²) in [4.78, 5) is 9.36. The Morgan fingerprint density at radius 2 is 1.84 bits per heavy atom. The van der Waals surface area contributed by atoms with Gasteiger partial charge < -0.3 is 19.9 Å². The first kappa shape index (κ1) is 18.4. The zero-order chi connectivity index (χ0) is 17.5. The summed E-state index contributed by atoms with van der Waals surface area (Å²) in [6, 6.07) is 10.7. The number of nitrogens with one attached hydrogen (secondary N) is 1. The third-order valence-corrected chi connectivity index (χ3v) is 6.74. The highest BCUT2D eigenvalue weighted by atomic mass is 32.2. The number of aliphatic imine (C=N–C) groups is 1. The van der Waals surface area contributed by atoms with E-state index in [-0.39, 0.29) is 4.75 Å². The molecule has 1 aromatic carbocycles. The third-order valence-electron chi connectivity index (χ3n) is 5.32. The summed E-state index contributed by atoms with van der Waals surface area (Å²) in [7, 11) is 1.89. The van der Waals surface area contributed by atoms with Gasteiger partial charge in [-0.3, -0.25) is 4.99 Å². The molecule has 0 bridgehead atoms. The number of benzene rings is 1. The van der Waals surface area contributed by atoms with E-state index in [2.05, 4.69) is 56.7 Å². The number of piperazine rings is 1. The van der Waals surface area contributed by atoms with Gasteiger partial charge in [0.15, 0.2) is 5.96 Å². The van der Waals surface area contributed by atoms with E-state index in [1.807, 2.05) is 18.8 Å². The third kappa shape index (κ3) is 4.61. The normalized spacial score (nSPS) is 21.3. The van der Waals surface area contributed by atoms with E-state index in [0.29, 0.717) is 0 Å². The van der Waals surface area contributed by atoms with Crippen LogP contribution in [0.25, 0.3) is 0 Å². The Balaban J connectivity index is 1.52. The lowest BCUT2D eigenvalue weighted by atomic mass is 9.99. The first-order valence-corrected chi connectivity index (χ1v) is 10.4. The molecular weight excluding hydrogens is 332 g/mol. The van der Waals surface area contributed by atoms with Gasteiger partial charge >= 0.3 is 0 Å². The molecule has 5 nitrogen and oxygen atoms in total. The van der Waals surface area contributed by atoms with Crippen LogP contribution in [0.15, 0.2) is 35.3 Å². The zero-order valence-corrected chi connectivity index (χ0v) is 16.2. The Labute approximate surface area is 155 Å². The van der Waals surface area contributed by atoms with Crippen molar-refractivity contribution in [2.75, 3.05) is 64.1 Å². The zero-order valence-electron chi connectivity index (χ0n) is 15.4. The molecule has 0 unspecified atom stereocenters. The molecular formula is C19H30N4OS. The highest BCUT2D eigenvalue weighted by Gasteiger charge is 2.32. The van der Waals surface area contributed by atoms with Crippen LogP contribution in [0.2, 0.25) is 0 Å². The summed E-state index contributed by atoms with van der Waals surface area (Å²) >= 11 is 1.97. The fourth-order valence-corrected chi connectivity index (χ4v) is 4.38. The fourth-order valence-electron chi connectivity index (χ4n) is 3.58. The maximum absolute atomic E-state index is 5.54. The van der Waals surface area contributed by atoms with Gasteiger partial charge in [-0.1, -0.05) is 18.2 Å². The molecule has 0 saturated carbocycles. The largest absolute Gasteiger partial charge is 0.381 e. The Hall–Kier alpha value is -1.40. The molecule has 3 rings (SSSR count). The molecule has 6 heteroatoms. The average Bonchev–Trinajstić information content (AvgIpc) is 2.70. The van der Waals surface area contributed by atoms with Gasteiger partial charge in [0, 0.05) is 63.4 Å². The molecule has 0 aliphatic carbocycles. The molecule has 1 aromatic rings. The van der Waals surface area contributed by atoms with Crippen molar-refractivity contribution in [3.63, 3.8) is 0 Å². The summed E-state index contributed by atoms with van der Waals surface area (Å²) in [5.41, 5.74) is 1.31. The van der Waals surface area contributed by atoms with Crippen LogP contribution in [0.5, 0.6) is 0 Å². The van der Waals surface area contributed by atoms with E-state index in [0.717, 1.165) is 64.7 Å². The summed E-state index contributed by atoms with van der Waals surface area (Å²) in [6.07, 6.45) is 4.44. The van der Waals surface area contributed by atoms with Crippen molar-refractivity contribution in [3.8, 4) is 0 Å². The predicted octanol–water partition coefficient (Wildman–Crippen LogP) is 2.30. The molecule has 0 spiro atoms. The highest BCUT2D eigenvalue weighted by Crippen LogP contribution is 2.33. The van der Waals surface area contributed by atoms with E-state index >= 15 is 0 Å². The molecule has 0 atom stereocenters. The molecule has 0 aromatic heterocycles. The van der Waals surface area contributed by atoms with Crippen LogP contribution in [0.4, 0.5) is 5.69 Å². The summed E-state index contributed by atoms with van der Waals surface area (Å²) in [6.45, 7) is 6.78. The van der Waals surface area contributed by atoms with Crippen LogP contribution in [-0.4, -0.2) is 74.8 Å². The number of para-hydroxylation sites is 1. The van der Waals surface area contributed by atoms with Gasteiger partial charge in [-0.25, -0.2) is 0 Å². The average molecular weight is 363 g/mol. The maximum Gasteiger partial charge on any atom is 0.193 e. The lowest BCUT2D eigenvalue weighted by Gasteiger charge is -2.40. The Bertz CT molecular complexity index is 552. The molecule has 0 amide bonds. The van der Waals surface area contributed by atoms with Crippen molar-refractivity contribution < 1.29 is 4.74 Å². The van der Waals surface area contributed by atoms with Gasteiger partial charge in [-0.05, 0) is 31.2 Å². The number of rotatable bonds is 4. The molecule has 1 N–H and O–H groups in total. The van der Waals surface area contributed by atoms with E-state index in [1.54, 1.807) is 0 Å². The quantitative estimate of drug-likeness (QED) is 0.657. The van der Waals surface area contributed by atoms with E-state index < -0.39 is 0 Å². The first-order chi connectivity index (χ1) is 12.3. The molecule has 2 aliphatic rings. The van der Waals surface area contributed by atoms with Gasteiger partial charge in [-0.15, -0.1) is 0 Å². The molecule has 2 fully saturated rings. The van der Waals surface area contributed by atoms with Crippen LogP contribution in [-0.2, 0) is 4.74 Å². The van der Waals surface area contributed by atoms with E-state index in [1.165, 1.54) is 5.69 Å². The number of nitrogens with zero attached hydrogens (tertiary/aromatic N) is 3. The van der Waals surface area contributed by atoms with Crippen molar-refractivity contribution in [2.45, 2.75) is 17.6 Å². The minimum Gasteiger partial charge on any atom is -0.381 e. The lowest BCUT2D eigenvalue weighted by molar-refractivity contribution is 0.0781. The number of hydrogen-bond acceptors (Lipinski definition) is 4. The summed E-state index contributed by atoms with van der Waals surface area (Å²) < 4.78 is 5.82. The Morgan fingerprint density at radius 3 is 2.44 bits per heavy atom. The molecule has 138 valence electrons. The standard InChI is InChI=1S/C19H30N4OS/c1-20-18(21-16-19(25-2)8-14-24-15-9-19)23-12-10-22(11-13-23)17-6-4-3-5-7-17/h3-7H,8-16H2,1-2H3,(H,20,21). The second kappa shape index (κ2) is 8.81. The van der Waals surface area contributed by atoms with Crippen LogP contribution in [0.3, 0.4) is 0 Å². The summed E-state index contributed by atoms with van der Waals surface area (Å²) in [5, 5.41) is 3.64. The van der Waals surface area contributed by atoms with Gasteiger partial charge in [0.1, 0.15) is 0 Å². The monoisotopic (exact) mass is 362 g/mol. The fraction of sp³-hybridized carbons (Fsp3) is 0.632. The first-order valence-electron chi connectivity index (χ1n) is 9.15. The van der Waals surface area contributed by atoms with Crippen molar-refractivity contribution in [1.29, 1.82) is 0 Å². The Morgan fingerprint density at radius 1 is 1.16 bits per heavy atom. The molecule has 2 saturated heterocycles. The van der Waals surface area contributed by atoms with Crippen molar-refractivity contribution in [2.24, 2.45) is 4.99 Å². The van der Waals surface area contributed by atoms with Crippen molar-refractivity contribution in [3.05, 3.63) is 30.3 Å². The van der Waals surface area contributed by atoms with Crippen LogP contribution in [0, 0.1) is 0 Å². The number of anilines is 1. The second-order valence-electron chi connectivity index (χ2n) is 6.71. The number of guanidine groups is 1. The number of hydrogen-bond donors (Lipinski definition) is 1. The number of ether oxygens (including phenoxy) is 1. The predicted molar refractivity (Wildman–Crippen MR) is 108 cm³/mol. The minimum absolute atomic E-state index is 0.278. The minimum atomic E-state index is 0.278. The van der Waals surface area contributed by atoms with Gasteiger partial charge in [0.05, 0.1) is 0 Å². The molecule has 0 radical (unpaired) electrons. The van der Waals surface area contributed by atoms with Crippen LogP contribution < -0.4 is 10.2 Å². The molecule has 2 aliphatic heterocycles. The summed E-state index contributed by atoms with van der Waals surface area (Å²) in [5.74, 6) is 1.03. The lowest BCUT2D eigenvalue weighted by Crippen LogP contribution is -2.55. The topological polar surface area (TPSA) is 40.1 Å². The van der Waals surface area contributed by atoms with E-state index in [9.17, 15) is 0 Å². The smallest absolute Gasteiger partial charge is 0.193 e. The SMILES string of the molecule is CN=C(NCC1(SC)CCOCC1)N1CCN(c2ccccc2)CC1. The number of thioether (sulfide) groups is 1. The maximum atomic E-state index is 5.54. The van der Waals surface area contributed by atoms with Crippen molar-refractivity contribution >= 4 is 23.4 Å². The van der Waals surface area contributed by atoms with Crippen LogP contribution >= 0.6 is 11.8 Å². The second-order valence-corrected chi connectivity index (χ2v) is 7.98.